The minimum absolute atomic E-state index is 0.308. The van der Waals surface area contributed by atoms with Crippen molar-refractivity contribution in [2.75, 3.05) is 20.3 Å². The van der Waals surface area contributed by atoms with Gasteiger partial charge in [-0.3, -0.25) is 4.90 Å². The standard InChI is InChI=1S/C19H25NO4/c1-22-18-5-2-4-15(10-18)11-20(16-7-8-16)12-17(21)13-23-14-19-6-3-9-24-19/h2-6,9-10,16-17,21H,7-8,11-14H2,1H3/t17-/m0/s1. The molecule has 3 rings (SSSR count). The number of rotatable bonds is 10. The number of aliphatic hydroxyl groups excluding tert-OH is 1. The molecule has 0 aliphatic heterocycles. The van der Waals surface area contributed by atoms with Gasteiger partial charge in [-0.15, -0.1) is 0 Å². The molecule has 1 aliphatic carbocycles. The average Bonchev–Trinajstić information content (AvgIpc) is 3.31. The molecule has 0 amide bonds. The van der Waals surface area contributed by atoms with Crippen LogP contribution < -0.4 is 4.74 Å². The summed E-state index contributed by atoms with van der Waals surface area (Å²) in [7, 11) is 1.68. The van der Waals surface area contributed by atoms with Gasteiger partial charge in [0.25, 0.3) is 0 Å². The van der Waals surface area contributed by atoms with Gasteiger partial charge in [0.15, 0.2) is 0 Å². The van der Waals surface area contributed by atoms with Crippen LogP contribution in [0, 0.1) is 0 Å². The van der Waals surface area contributed by atoms with Crippen molar-refractivity contribution in [1.82, 2.24) is 4.90 Å². The minimum atomic E-state index is -0.508. The van der Waals surface area contributed by atoms with E-state index < -0.39 is 6.10 Å². The lowest BCUT2D eigenvalue weighted by atomic mass is 10.2. The van der Waals surface area contributed by atoms with E-state index in [0.717, 1.165) is 18.1 Å². The normalized spacial score (nSPS) is 15.6. The Morgan fingerprint density at radius 3 is 2.88 bits per heavy atom. The molecule has 5 nitrogen and oxygen atoms in total. The fraction of sp³-hybridized carbons (Fsp3) is 0.474. The highest BCUT2D eigenvalue weighted by atomic mass is 16.5. The zero-order valence-corrected chi connectivity index (χ0v) is 14.1. The molecule has 1 saturated carbocycles. The van der Waals surface area contributed by atoms with Gasteiger partial charge in [0.1, 0.15) is 18.1 Å². The number of hydrogen-bond donors (Lipinski definition) is 1. The zero-order chi connectivity index (χ0) is 16.8. The first kappa shape index (κ1) is 17.0. The molecule has 0 bridgehead atoms. The van der Waals surface area contributed by atoms with Crippen molar-refractivity contribution in [1.29, 1.82) is 0 Å². The average molecular weight is 331 g/mol. The third kappa shape index (κ3) is 5.09. The molecule has 130 valence electrons. The van der Waals surface area contributed by atoms with Crippen LogP contribution in [0.1, 0.15) is 24.2 Å². The molecule has 0 spiro atoms. The second-order valence-corrected chi connectivity index (χ2v) is 6.26. The number of ether oxygens (including phenoxy) is 2. The van der Waals surface area contributed by atoms with E-state index in [1.807, 2.05) is 24.3 Å². The van der Waals surface area contributed by atoms with Crippen LogP contribution in [-0.4, -0.2) is 42.4 Å². The van der Waals surface area contributed by atoms with E-state index in [0.29, 0.717) is 25.8 Å². The lowest BCUT2D eigenvalue weighted by Gasteiger charge is -2.25. The predicted octanol–water partition coefficient (Wildman–Crippen LogP) is 2.83. The molecule has 24 heavy (non-hydrogen) atoms. The largest absolute Gasteiger partial charge is 0.497 e. The summed E-state index contributed by atoms with van der Waals surface area (Å²) in [6, 6.07) is 12.4. The molecular weight excluding hydrogens is 306 g/mol. The van der Waals surface area contributed by atoms with Crippen molar-refractivity contribution in [3.8, 4) is 5.75 Å². The molecule has 1 aliphatic rings. The number of methoxy groups -OCH3 is 1. The fourth-order valence-electron chi connectivity index (χ4n) is 2.80. The monoisotopic (exact) mass is 331 g/mol. The van der Waals surface area contributed by atoms with Gasteiger partial charge in [-0.2, -0.15) is 0 Å². The number of hydrogen-bond acceptors (Lipinski definition) is 5. The molecule has 0 saturated heterocycles. The van der Waals surface area contributed by atoms with Crippen molar-refractivity contribution in [2.24, 2.45) is 0 Å². The van der Waals surface area contributed by atoms with Crippen molar-refractivity contribution < 1.29 is 19.0 Å². The number of benzene rings is 1. The fourth-order valence-corrected chi connectivity index (χ4v) is 2.80. The van der Waals surface area contributed by atoms with Gasteiger partial charge < -0.3 is 19.0 Å². The first-order chi connectivity index (χ1) is 11.7. The molecule has 1 N–H and O–H groups in total. The summed E-state index contributed by atoms with van der Waals surface area (Å²) < 4.78 is 16.0. The van der Waals surface area contributed by atoms with E-state index in [1.54, 1.807) is 13.4 Å². The van der Waals surface area contributed by atoms with E-state index in [4.69, 9.17) is 13.9 Å². The Kier molecular flexibility index (Phi) is 5.91. The second kappa shape index (κ2) is 8.33. The number of nitrogens with zero attached hydrogens (tertiary/aromatic N) is 1. The molecule has 1 heterocycles. The lowest BCUT2D eigenvalue weighted by Crippen LogP contribution is -2.36. The first-order valence-electron chi connectivity index (χ1n) is 8.40. The Bertz CT molecular complexity index is 610. The van der Waals surface area contributed by atoms with Gasteiger partial charge in [0.2, 0.25) is 0 Å². The van der Waals surface area contributed by atoms with E-state index in [2.05, 4.69) is 17.0 Å². The molecular formula is C19H25NO4. The van der Waals surface area contributed by atoms with Crippen LogP contribution >= 0.6 is 0 Å². The summed E-state index contributed by atoms with van der Waals surface area (Å²) >= 11 is 0. The lowest BCUT2D eigenvalue weighted by molar-refractivity contribution is 0.00246. The quantitative estimate of drug-likeness (QED) is 0.725. The predicted molar refractivity (Wildman–Crippen MR) is 90.8 cm³/mol. The van der Waals surface area contributed by atoms with E-state index in [9.17, 15) is 5.11 Å². The molecule has 2 aromatic rings. The summed E-state index contributed by atoms with van der Waals surface area (Å²) in [6.45, 7) is 2.13. The van der Waals surface area contributed by atoms with Crippen molar-refractivity contribution in [2.45, 2.75) is 38.1 Å². The van der Waals surface area contributed by atoms with Crippen LogP contribution in [0.4, 0.5) is 0 Å². The SMILES string of the molecule is COc1cccc(CN(C[C@H](O)COCc2ccco2)C2CC2)c1. The summed E-state index contributed by atoms with van der Waals surface area (Å²) in [6.07, 6.45) is 3.51. The summed E-state index contributed by atoms with van der Waals surface area (Å²) in [4.78, 5) is 2.33. The molecule has 1 aromatic carbocycles. The third-order valence-corrected chi connectivity index (χ3v) is 4.16. The van der Waals surface area contributed by atoms with Crippen LogP contribution in [0.25, 0.3) is 0 Å². The van der Waals surface area contributed by atoms with Crippen LogP contribution in [-0.2, 0) is 17.9 Å². The Balaban J connectivity index is 1.48. The highest BCUT2D eigenvalue weighted by Crippen LogP contribution is 2.29. The highest BCUT2D eigenvalue weighted by Gasteiger charge is 2.30. The molecule has 1 aromatic heterocycles. The first-order valence-corrected chi connectivity index (χ1v) is 8.40. The Hall–Kier alpha value is -1.82. The molecule has 1 fully saturated rings. The summed E-state index contributed by atoms with van der Waals surface area (Å²) in [5, 5.41) is 10.3. The maximum atomic E-state index is 10.3. The summed E-state index contributed by atoms with van der Waals surface area (Å²) in [5.74, 6) is 1.64. The smallest absolute Gasteiger partial charge is 0.129 e. The van der Waals surface area contributed by atoms with Crippen LogP contribution in [0.15, 0.2) is 47.1 Å². The molecule has 5 heteroatoms. The number of aliphatic hydroxyl groups is 1. The van der Waals surface area contributed by atoms with Crippen molar-refractivity contribution in [3.05, 3.63) is 54.0 Å². The van der Waals surface area contributed by atoms with Gasteiger partial charge in [-0.05, 0) is 42.7 Å². The molecule has 0 radical (unpaired) electrons. The Morgan fingerprint density at radius 1 is 1.29 bits per heavy atom. The van der Waals surface area contributed by atoms with E-state index in [-0.39, 0.29) is 0 Å². The maximum Gasteiger partial charge on any atom is 0.129 e. The Morgan fingerprint density at radius 2 is 2.17 bits per heavy atom. The van der Waals surface area contributed by atoms with Gasteiger partial charge >= 0.3 is 0 Å². The van der Waals surface area contributed by atoms with Crippen LogP contribution in [0.3, 0.4) is 0 Å². The third-order valence-electron chi connectivity index (χ3n) is 4.16. The van der Waals surface area contributed by atoms with Gasteiger partial charge in [0, 0.05) is 19.1 Å². The molecule has 0 unspecified atom stereocenters. The van der Waals surface area contributed by atoms with E-state index >= 15 is 0 Å². The molecule has 1 atom stereocenters. The highest BCUT2D eigenvalue weighted by molar-refractivity contribution is 5.28. The van der Waals surface area contributed by atoms with Crippen LogP contribution in [0.2, 0.25) is 0 Å². The summed E-state index contributed by atoms with van der Waals surface area (Å²) in [5.41, 5.74) is 1.20. The maximum absolute atomic E-state index is 10.3. The van der Waals surface area contributed by atoms with Gasteiger partial charge in [-0.1, -0.05) is 12.1 Å². The van der Waals surface area contributed by atoms with E-state index in [1.165, 1.54) is 18.4 Å². The second-order valence-electron chi connectivity index (χ2n) is 6.26. The van der Waals surface area contributed by atoms with Crippen LogP contribution in [0.5, 0.6) is 5.75 Å². The minimum Gasteiger partial charge on any atom is -0.497 e. The van der Waals surface area contributed by atoms with Gasteiger partial charge in [-0.25, -0.2) is 0 Å². The van der Waals surface area contributed by atoms with Gasteiger partial charge in [0.05, 0.1) is 26.1 Å². The van der Waals surface area contributed by atoms with Crippen molar-refractivity contribution >= 4 is 0 Å². The Labute approximate surface area is 142 Å². The topological polar surface area (TPSA) is 55.1 Å². The zero-order valence-electron chi connectivity index (χ0n) is 14.1. The number of furan rings is 1. The van der Waals surface area contributed by atoms with Crippen molar-refractivity contribution in [3.63, 3.8) is 0 Å².